The Hall–Kier alpha value is -2.93. The summed E-state index contributed by atoms with van der Waals surface area (Å²) in [5.74, 6) is 1.36. The Kier molecular flexibility index (Phi) is 3.60. The van der Waals surface area contributed by atoms with Gasteiger partial charge in [0.1, 0.15) is 0 Å². The molecule has 0 saturated heterocycles. The van der Waals surface area contributed by atoms with Crippen molar-refractivity contribution < 1.29 is 9.42 Å². The maximum absolute atomic E-state index is 13.1. The number of thiophene rings is 1. The van der Waals surface area contributed by atoms with E-state index in [0.717, 1.165) is 22.6 Å². The molecule has 26 heavy (non-hydrogen) atoms. The van der Waals surface area contributed by atoms with Gasteiger partial charge in [0, 0.05) is 22.6 Å². The van der Waals surface area contributed by atoms with E-state index in [-0.39, 0.29) is 17.7 Å². The maximum Gasteiger partial charge on any atom is 0.219 e. The number of nitrogens with zero attached hydrogens (tertiary/aromatic N) is 2. The highest BCUT2D eigenvalue weighted by atomic mass is 32.1. The van der Waals surface area contributed by atoms with Crippen LogP contribution >= 0.6 is 11.3 Å². The Morgan fingerprint density at radius 1 is 1.04 bits per heavy atom. The average Bonchev–Trinajstić information content (AvgIpc) is 3.31. The first-order valence-corrected chi connectivity index (χ1v) is 9.38. The Balaban J connectivity index is 1.60. The second-order valence-corrected chi connectivity index (χ2v) is 7.49. The van der Waals surface area contributed by atoms with E-state index in [0.29, 0.717) is 18.1 Å². The van der Waals surface area contributed by atoms with Gasteiger partial charge in [-0.15, -0.1) is 11.3 Å². The molecular formula is C19H16N4O2S. The second-order valence-electron chi connectivity index (χ2n) is 6.51. The molecule has 3 aromatic rings. The van der Waals surface area contributed by atoms with E-state index >= 15 is 0 Å². The van der Waals surface area contributed by atoms with Crippen LogP contribution in [0.15, 0.2) is 63.7 Å². The van der Waals surface area contributed by atoms with Crippen molar-refractivity contribution in [1.29, 1.82) is 0 Å². The molecule has 2 aromatic heterocycles. The first-order chi connectivity index (χ1) is 12.8. The van der Waals surface area contributed by atoms with Crippen LogP contribution in [-0.2, 0) is 4.79 Å². The number of fused-ring (bicyclic) bond motifs is 1. The van der Waals surface area contributed by atoms with Crippen LogP contribution in [0.2, 0.25) is 0 Å². The SMILES string of the molecule is O=C1C[C@@H](c2ccccc2)CC2=C1[C@@H](c1cccs1)Nc1nonc1N2. The molecule has 130 valence electrons. The molecule has 0 amide bonds. The van der Waals surface area contributed by atoms with Crippen molar-refractivity contribution in [3.8, 4) is 0 Å². The highest BCUT2D eigenvalue weighted by Gasteiger charge is 2.37. The van der Waals surface area contributed by atoms with Crippen molar-refractivity contribution in [3.63, 3.8) is 0 Å². The van der Waals surface area contributed by atoms with Crippen LogP contribution in [0, 0.1) is 0 Å². The maximum atomic E-state index is 13.1. The van der Waals surface area contributed by atoms with Gasteiger partial charge >= 0.3 is 0 Å². The molecule has 2 aliphatic rings. The number of nitrogens with one attached hydrogen (secondary N) is 2. The number of rotatable bonds is 2. The van der Waals surface area contributed by atoms with E-state index in [1.807, 2.05) is 35.7 Å². The van der Waals surface area contributed by atoms with Crippen molar-refractivity contribution >= 4 is 28.8 Å². The minimum atomic E-state index is -0.241. The number of carbonyl (C=O) groups is 1. The first kappa shape index (κ1) is 15.3. The standard InChI is InChI=1S/C19H16N4O2S/c24-14-10-12(11-5-2-1-3-6-11)9-13-16(14)17(15-7-4-8-26-15)21-19-18(20-13)22-25-23-19/h1-8,12,17H,9-10H2,(H,20,22)(H,21,23)/t12-,17+/m0/s1. The van der Waals surface area contributed by atoms with Crippen molar-refractivity contribution in [2.24, 2.45) is 0 Å². The smallest absolute Gasteiger partial charge is 0.219 e. The molecule has 5 rings (SSSR count). The van der Waals surface area contributed by atoms with Gasteiger partial charge in [0.25, 0.3) is 0 Å². The van der Waals surface area contributed by atoms with E-state index in [9.17, 15) is 4.79 Å². The third-order valence-corrected chi connectivity index (χ3v) is 5.87. The molecule has 3 heterocycles. The zero-order valence-corrected chi connectivity index (χ0v) is 14.6. The Morgan fingerprint density at radius 3 is 2.69 bits per heavy atom. The van der Waals surface area contributed by atoms with Gasteiger partial charge in [-0.05, 0) is 39.7 Å². The summed E-state index contributed by atoms with van der Waals surface area (Å²) >= 11 is 1.62. The molecule has 0 spiro atoms. The number of benzene rings is 1. The van der Waals surface area contributed by atoms with Crippen molar-refractivity contribution in [1.82, 2.24) is 10.3 Å². The van der Waals surface area contributed by atoms with Crippen LogP contribution in [0.4, 0.5) is 11.6 Å². The summed E-state index contributed by atoms with van der Waals surface area (Å²) in [6, 6.07) is 14.0. The van der Waals surface area contributed by atoms with Gasteiger partial charge in [-0.25, -0.2) is 4.63 Å². The molecule has 2 atom stereocenters. The normalized spacial score (nSPS) is 22.1. The van der Waals surface area contributed by atoms with Crippen LogP contribution in [-0.4, -0.2) is 16.1 Å². The molecule has 0 bridgehead atoms. The monoisotopic (exact) mass is 364 g/mol. The summed E-state index contributed by atoms with van der Waals surface area (Å²) < 4.78 is 4.88. The molecular weight excluding hydrogens is 348 g/mol. The van der Waals surface area contributed by atoms with E-state index in [2.05, 4.69) is 33.1 Å². The van der Waals surface area contributed by atoms with Crippen molar-refractivity contribution in [3.05, 3.63) is 69.6 Å². The molecule has 1 aliphatic carbocycles. The lowest BCUT2D eigenvalue weighted by Crippen LogP contribution is -2.26. The summed E-state index contributed by atoms with van der Waals surface area (Å²) in [5.41, 5.74) is 2.85. The van der Waals surface area contributed by atoms with Crippen LogP contribution in [0.3, 0.4) is 0 Å². The van der Waals surface area contributed by atoms with Gasteiger partial charge in [-0.3, -0.25) is 4.79 Å². The lowest BCUT2D eigenvalue weighted by atomic mass is 9.79. The Labute approximate surface area is 153 Å². The van der Waals surface area contributed by atoms with Crippen molar-refractivity contribution in [2.75, 3.05) is 10.6 Å². The zero-order valence-electron chi connectivity index (χ0n) is 13.8. The third kappa shape index (κ3) is 2.52. The Bertz CT molecular complexity index is 978. The van der Waals surface area contributed by atoms with Crippen LogP contribution in [0.1, 0.15) is 35.2 Å². The zero-order chi connectivity index (χ0) is 17.5. The van der Waals surface area contributed by atoms with Gasteiger partial charge in [-0.2, -0.15) is 0 Å². The van der Waals surface area contributed by atoms with E-state index in [4.69, 9.17) is 4.63 Å². The van der Waals surface area contributed by atoms with E-state index < -0.39 is 0 Å². The molecule has 6 nitrogen and oxygen atoms in total. The average molecular weight is 364 g/mol. The molecule has 0 unspecified atom stereocenters. The largest absolute Gasteiger partial charge is 0.352 e. The third-order valence-electron chi connectivity index (χ3n) is 4.93. The summed E-state index contributed by atoms with van der Waals surface area (Å²) in [6.07, 6.45) is 1.25. The van der Waals surface area contributed by atoms with Gasteiger partial charge in [-0.1, -0.05) is 36.4 Å². The predicted molar refractivity (Wildman–Crippen MR) is 99.1 cm³/mol. The fourth-order valence-electron chi connectivity index (χ4n) is 3.73. The van der Waals surface area contributed by atoms with Crippen LogP contribution in [0.25, 0.3) is 0 Å². The minimum Gasteiger partial charge on any atom is -0.352 e. The topological polar surface area (TPSA) is 80.1 Å². The number of anilines is 2. The number of carbonyl (C=O) groups excluding carboxylic acids is 1. The fraction of sp³-hybridized carbons (Fsp3) is 0.211. The van der Waals surface area contributed by atoms with E-state index in [1.165, 1.54) is 5.56 Å². The van der Waals surface area contributed by atoms with Gasteiger partial charge < -0.3 is 10.6 Å². The second kappa shape index (κ2) is 6.10. The number of hydrogen-bond donors (Lipinski definition) is 2. The molecule has 1 aliphatic heterocycles. The molecule has 7 heteroatoms. The van der Waals surface area contributed by atoms with Crippen LogP contribution in [0.5, 0.6) is 0 Å². The Morgan fingerprint density at radius 2 is 1.88 bits per heavy atom. The number of allylic oxidation sites excluding steroid dienone is 1. The number of hydrogen-bond acceptors (Lipinski definition) is 7. The van der Waals surface area contributed by atoms with Crippen LogP contribution < -0.4 is 10.6 Å². The highest BCUT2D eigenvalue weighted by molar-refractivity contribution is 7.10. The first-order valence-electron chi connectivity index (χ1n) is 8.50. The molecule has 2 N–H and O–H groups in total. The molecule has 1 aromatic carbocycles. The quantitative estimate of drug-likeness (QED) is 0.712. The minimum absolute atomic E-state index is 0.153. The number of ketones is 1. The number of aromatic nitrogens is 2. The van der Waals surface area contributed by atoms with Crippen molar-refractivity contribution in [2.45, 2.75) is 24.8 Å². The lowest BCUT2D eigenvalue weighted by Gasteiger charge is -2.29. The molecule has 0 fully saturated rings. The van der Waals surface area contributed by atoms with Gasteiger partial charge in [0.15, 0.2) is 5.78 Å². The highest BCUT2D eigenvalue weighted by Crippen LogP contribution is 2.44. The summed E-state index contributed by atoms with van der Waals surface area (Å²) in [5, 5.41) is 16.5. The van der Waals surface area contributed by atoms with E-state index in [1.54, 1.807) is 11.3 Å². The molecule has 0 saturated carbocycles. The lowest BCUT2D eigenvalue weighted by molar-refractivity contribution is -0.116. The summed E-state index contributed by atoms with van der Waals surface area (Å²) in [6.45, 7) is 0. The number of Topliss-reactive ketones (excluding diaryl/α,β-unsaturated/α-hetero) is 1. The summed E-state index contributed by atoms with van der Waals surface area (Å²) in [4.78, 5) is 14.2. The molecule has 0 radical (unpaired) electrons. The summed E-state index contributed by atoms with van der Waals surface area (Å²) in [7, 11) is 0. The predicted octanol–water partition coefficient (Wildman–Crippen LogP) is 4.11. The van der Waals surface area contributed by atoms with Gasteiger partial charge in [0.05, 0.1) is 6.04 Å². The fourth-order valence-corrected chi connectivity index (χ4v) is 4.52. The van der Waals surface area contributed by atoms with Gasteiger partial charge in [0.2, 0.25) is 11.6 Å².